The van der Waals surface area contributed by atoms with E-state index in [0.29, 0.717) is 5.82 Å². The Labute approximate surface area is 108 Å². The van der Waals surface area contributed by atoms with E-state index in [4.69, 9.17) is 5.73 Å². The van der Waals surface area contributed by atoms with Crippen molar-refractivity contribution < 1.29 is 0 Å². The van der Waals surface area contributed by atoms with E-state index in [0.717, 1.165) is 12.0 Å². The van der Waals surface area contributed by atoms with Crippen LogP contribution in [0.5, 0.6) is 0 Å². The number of rotatable bonds is 4. The van der Waals surface area contributed by atoms with Crippen molar-refractivity contribution in [2.45, 2.75) is 19.4 Å². The fraction of sp³-hybridized carbons (Fsp3) is 0.267. The number of hydrogen-bond donors (Lipinski definition) is 2. The summed E-state index contributed by atoms with van der Waals surface area (Å²) in [7, 11) is 1.96. The van der Waals surface area contributed by atoms with Crippen molar-refractivity contribution >= 4 is 5.82 Å². The van der Waals surface area contributed by atoms with Gasteiger partial charge in [-0.3, -0.25) is 0 Å². The summed E-state index contributed by atoms with van der Waals surface area (Å²) in [5.41, 5.74) is 9.57. The minimum absolute atomic E-state index is 0.195. The van der Waals surface area contributed by atoms with Gasteiger partial charge in [0.05, 0.1) is 0 Å². The van der Waals surface area contributed by atoms with Crippen LogP contribution in [0.2, 0.25) is 0 Å². The van der Waals surface area contributed by atoms with E-state index >= 15 is 0 Å². The second-order valence-corrected chi connectivity index (χ2v) is 4.46. The summed E-state index contributed by atoms with van der Waals surface area (Å²) in [6.45, 7) is 2.07. The summed E-state index contributed by atoms with van der Waals surface area (Å²) < 4.78 is 0. The molecule has 1 atom stereocenters. The lowest BCUT2D eigenvalue weighted by atomic mass is 9.96. The van der Waals surface area contributed by atoms with Crippen LogP contribution < -0.4 is 11.1 Å². The highest BCUT2D eigenvalue weighted by molar-refractivity contribution is 5.46. The Morgan fingerprint density at radius 2 is 1.94 bits per heavy atom. The van der Waals surface area contributed by atoms with Crippen molar-refractivity contribution in [2.24, 2.45) is 0 Å². The molecule has 0 spiro atoms. The third-order valence-electron chi connectivity index (χ3n) is 3.22. The average molecular weight is 241 g/mol. The first-order valence-electron chi connectivity index (χ1n) is 6.14. The second-order valence-electron chi connectivity index (χ2n) is 4.46. The van der Waals surface area contributed by atoms with Gasteiger partial charge in [0.1, 0.15) is 5.82 Å². The van der Waals surface area contributed by atoms with Gasteiger partial charge in [0.2, 0.25) is 0 Å². The Morgan fingerprint density at radius 1 is 1.22 bits per heavy atom. The number of nitrogen functional groups attached to an aromatic ring is 1. The van der Waals surface area contributed by atoms with E-state index in [9.17, 15) is 0 Å². The van der Waals surface area contributed by atoms with Crippen LogP contribution >= 0.6 is 0 Å². The molecule has 1 heterocycles. The van der Waals surface area contributed by atoms with Gasteiger partial charge in [-0.1, -0.05) is 30.3 Å². The third-order valence-corrected chi connectivity index (χ3v) is 3.22. The lowest BCUT2D eigenvalue weighted by Crippen LogP contribution is -2.21. The Balaban J connectivity index is 2.29. The Morgan fingerprint density at radius 3 is 2.56 bits per heavy atom. The van der Waals surface area contributed by atoms with Crippen LogP contribution in [0, 0.1) is 6.92 Å². The topological polar surface area (TPSA) is 50.9 Å². The number of anilines is 1. The smallest absolute Gasteiger partial charge is 0.128 e. The van der Waals surface area contributed by atoms with Gasteiger partial charge in [-0.2, -0.15) is 0 Å². The highest BCUT2D eigenvalue weighted by atomic mass is 14.9. The summed E-state index contributed by atoms with van der Waals surface area (Å²) in [4.78, 5) is 4.19. The number of benzene rings is 1. The third kappa shape index (κ3) is 2.68. The molecule has 3 nitrogen and oxygen atoms in total. The van der Waals surface area contributed by atoms with Crippen molar-refractivity contribution in [3.63, 3.8) is 0 Å². The summed E-state index contributed by atoms with van der Waals surface area (Å²) in [6.07, 6.45) is 2.66. The number of aryl methyl sites for hydroxylation is 1. The van der Waals surface area contributed by atoms with Gasteiger partial charge in [0, 0.05) is 17.8 Å². The zero-order valence-corrected chi connectivity index (χ0v) is 10.9. The number of pyridine rings is 1. The van der Waals surface area contributed by atoms with E-state index < -0.39 is 0 Å². The van der Waals surface area contributed by atoms with Crippen molar-refractivity contribution in [2.75, 3.05) is 12.8 Å². The molecule has 0 bridgehead atoms. The number of likely N-dealkylation sites (N-methyl/N-ethyl adjacent to an activating group) is 1. The average Bonchev–Trinajstić information content (AvgIpc) is 2.38. The standard InChI is InChI=1S/C15H19N3/c1-11-8-9-18-15(16)14(11)13(17-2)10-12-6-4-3-5-7-12/h3-9,13,17H,10H2,1-2H3,(H2,16,18). The Hall–Kier alpha value is -1.87. The molecular weight excluding hydrogens is 222 g/mol. The van der Waals surface area contributed by atoms with E-state index in [2.05, 4.69) is 41.5 Å². The molecule has 0 radical (unpaired) electrons. The fourth-order valence-electron chi connectivity index (χ4n) is 2.24. The highest BCUT2D eigenvalue weighted by Crippen LogP contribution is 2.25. The monoisotopic (exact) mass is 241 g/mol. The normalized spacial score (nSPS) is 12.3. The van der Waals surface area contributed by atoms with Crippen molar-refractivity contribution in [3.8, 4) is 0 Å². The lowest BCUT2D eigenvalue weighted by molar-refractivity contribution is 0.589. The quantitative estimate of drug-likeness (QED) is 0.864. The number of aromatic nitrogens is 1. The summed E-state index contributed by atoms with van der Waals surface area (Å²) in [6, 6.07) is 12.6. The molecule has 1 aromatic carbocycles. The lowest BCUT2D eigenvalue weighted by Gasteiger charge is -2.20. The Kier molecular flexibility index (Phi) is 3.95. The van der Waals surface area contributed by atoms with Crippen LogP contribution in [-0.4, -0.2) is 12.0 Å². The maximum absolute atomic E-state index is 6.00. The molecule has 0 amide bonds. The maximum atomic E-state index is 6.00. The zero-order valence-electron chi connectivity index (χ0n) is 10.9. The molecule has 0 aliphatic carbocycles. The molecule has 1 aromatic heterocycles. The zero-order chi connectivity index (χ0) is 13.0. The number of hydrogen-bond acceptors (Lipinski definition) is 3. The number of nitrogens with two attached hydrogens (primary N) is 1. The van der Waals surface area contributed by atoms with Crippen LogP contribution in [0.15, 0.2) is 42.6 Å². The predicted octanol–water partition coefficient (Wildman–Crippen LogP) is 2.48. The number of nitrogens with one attached hydrogen (secondary N) is 1. The molecule has 0 aliphatic rings. The molecule has 18 heavy (non-hydrogen) atoms. The van der Waals surface area contributed by atoms with Gasteiger partial charge in [-0.15, -0.1) is 0 Å². The molecular formula is C15H19N3. The van der Waals surface area contributed by atoms with Gasteiger partial charge in [-0.25, -0.2) is 4.98 Å². The van der Waals surface area contributed by atoms with Crippen LogP contribution in [0.4, 0.5) is 5.82 Å². The molecule has 3 heteroatoms. The molecule has 94 valence electrons. The van der Waals surface area contributed by atoms with Crippen LogP contribution in [0.25, 0.3) is 0 Å². The Bertz CT molecular complexity index is 488. The highest BCUT2D eigenvalue weighted by Gasteiger charge is 2.16. The van der Waals surface area contributed by atoms with Crippen molar-refractivity contribution in [3.05, 3.63) is 59.3 Å². The first kappa shape index (κ1) is 12.6. The van der Waals surface area contributed by atoms with Gasteiger partial charge in [-0.05, 0) is 37.6 Å². The molecule has 0 fully saturated rings. The largest absolute Gasteiger partial charge is 0.383 e. The number of nitrogens with zero attached hydrogens (tertiary/aromatic N) is 1. The van der Waals surface area contributed by atoms with Crippen LogP contribution in [0.1, 0.15) is 22.7 Å². The van der Waals surface area contributed by atoms with Gasteiger partial charge < -0.3 is 11.1 Å². The van der Waals surface area contributed by atoms with Crippen molar-refractivity contribution in [1.29, 1.82) is 0 Å². The molecule has 0 saturated heterocycles. The molecule has 2 aromatic rings. The first-order chi connectivity index (χ1) is 8.72. The predicted molar refractivity (Wildman–Crippen MR) is 75.3 cm³/mol. The first-order valence-corrected chi connectivity index (χ1v) is 6.14. The van der Waals surface area contributed by atoms with Gasteiger partial charge >= 0.3 is 0 Å². The van der Waals surface area contributed by atoms with Gasteiger partial charge in [0.25, 0.3) is 0 Å². The minimum atomic E-state index is 0.195. The summed E-state index contributed by atoms with van der Waals surface area (Å²) in [5, 5.41) is 3.33. The van der Waals surface area contributed by atoms with Crippen molar-refractivity contribution in [1.82, 2.24) is 10.3 Å². The van der Waals surface area contributed by atoms with E-state index in [1.165, 1.54) is 11.1 Å². The molecule has 0 aliphatic heterocycles. The minimum Gasteiger partial charge on any atom is -0.383 e. The summed E-state index contributed by atoms with van der Waals surface area (Å²) >= 11 is 0. The maximum Gasteiger partial charge on any atom is 0.128 e. The molecule has 2 rings (SSSR count). The fourth-order valence-corrected chi connectivity index (χ4v) is 2.24. The van der Waals surface area contributed by atoms with Gasteiger partial charge in [0.15, 0.2) is 0 Å². The molecule has 0 saturated carbocycles. The molecule has 3 N–H and O–H groups in total. The van der Waals surface area contributed by atoms with E-state index in [1.807, 2.05) is 19.2 Å². The summed E-state index contributed by atoms with van der Waals surface area (Å²) in [5.74, 6) is 0.616. The molecule has 1 unspecified atom stereocenters. The van der Waals surface area contributed by atoms with E-state index in [-0.39, 0.29) is 6.04 Å². The van der Waals surface area contributed by atoms with Crippen LogP contribution in [-0.2, 0) is 6.42 Å². The second kappa shape index (κ2) is 5.65. The van der Waals surface area contributed by atoms with Crippen LogP contribution in [0.3, 0.4) is 0 Å². The van der Waals surface area contributed by atoms with E-state index in [1.54, 1.807) is 6.20 Å². The SMILES string of the molecule is CNC(Cc1ccccc1)c1c(C)ccnc1N.